The molecule has 2 aromatic rings. The van der Waals surface area contributed by atoms with Gasteiger partial charge in [-0.3, -0.25) is 9.59 Å². The van der Waals surface area contributed by atoms with Crippen LogP contribution in [-0.4, -0.2) is 72.8 Å². The highest BCUT2D eigenvalue weighted by molar-refractivity contribution is 7.89. The van der Waals surface area contributed by atoms with Gasteiger partial charge in [0.2, 0.25) is 21.8 Å². The van der Waals surface area contributed by atoms with Crippen molar-refractivity contribution < 1.29 is 35.9 Å². The summed E-state index contributed by atoms with van der Waals surface area (Å²) in [5.41, 5.74) is -0.340. The number of alkyl halides is 3. The Balaban J connectivity index is 1.74. The van der Waals surface area contributed by atoms with Crippen LogP contribution in [0.2, 0.25) is 0 Å². The van der Waals surface area contributed by atoms with E-state index in [4.69, 9.17) is 4.74 Å². The zero-order valence-electron chi connectivity index (χ0n) is 20.6. The fraction of sp³-hybridized carbons (Fsp3) is 0.440. The molecule has 0 N–H and O–H groups in total. The quantitative estimate of drug-likeness (QED) is 0.563. The number of carbonyl (C=O) groups is 2. The SMILES string of the molecule is COc1ccc(CC2C(=O)N(C(C)C)CC3N2C(=O)CCN3S(=O)(=O)c2cccc(C(F)(F)F)c2)cc1. The summed E-state index contributed by atoms with van der Waals surface area (Å²) in [6.07, 6.45) is -5.82. The zero-order valence-corrected chi connectivity index (χ0v) is 21.4. The number of halogens is 3. The van der Waals surface area contributed by atoms with Crippen molar-refractivity contribution in [1.82, 2.24) is 14.1 Å². The number of carbonyl (C=O) groups excluding carboxylic acids is 2. The van der Waals surface area contributed by atoms with Crippen molar-refractivity contribution >= 4 is 21.8 Å². The van der Waals surface area contributed by atoms with E-state index < -0.39 is 38.9 Å². The maximum absolute atomic E-state index is 13.6. The van der Waals surface area contributed by atoms with Gasteiger partial charge >= 0.3 is 6.18 Å². The Labute approximate surface area is 213 Å². The summed E-state index contributed by atoms with van der Waals surface area (Å²) in [5.74, 6) is -0.0719. The first-order chi connectivity index (χ1) is 17.3. The fourth-order valence-corrected chi connectivity index (χ4v) is 6.43. The first kappa shape index (κ1) is 26.9. The molecule has 8 nitrogen and oxygen atoms in total. The fourth-order valence-electron chi connectivity index (χ4n) is 4.81. The third-order valence-electron chi connectivity index (χ3n) is 6.73. The Morgan fingerprint density at radius 1 is 1.08 bits per heavy atom. The normalized spacial score (nSPS) is 21.4. The molecule has 0 spiro atoms. The van der Waals surface area contributed by atoms with E-state index in [2.05, 4.69) is 0 Å². The maximum Gasteiger partial charge on any atom is 0.416 e. The highest BCUT2D eigenvalue weighted by Crippen LogP contribution is 2.35. The van der Waals surface area contributed by atoms with E-state index in [9.17, 15) is 31.2 Å². The van der Waals surface area contributed by atoms with Gasteiger partial charge in [-0.1, -0.05) is 18.2 Å². The monoisotopic (exact) mass is 539 g/mol. The number of piperazine rings is 1. The van der Waals surface area contributed by atoms with Crippen LogP contribution in [-0.2, 0) is 32.2 Å². The first-order valence-electron chi connectivity index (χ1n) is 11.8. The molecular formula is C25H28F3N3O5S. The molecule has 0 aromatic heterocycles. The number of fused-ring (bicyclic) bond motifs is 1. The van der Waals surface area contributed by atoms with E-state index in [1.54, 1.807) is 38.1 Å². The highest BCUT2D eigenvalue weighted by Gasteiger charge is 2.51. The molecule has 37 heavy (non-hydrogen) atoms. The summed E-state index contributed by atoms with van der Waals surface area (Å²) >= 11 is 0. The summed E-state index contributed by atoms with van der Waals surface area (Å²) in [7, 11) is -2.90. The molecule has 2 heterocycles. The van der Waals surface area contributed by atoms with Crippen LogP contribution < -0.4 is 4.74 Å². The van der Waals surface area contributed by atoms with E-state index in [1.807, 2.05) is 0 Å². The molecule has 2 aromatic carbocycles. The standard InChI is InChI=1S/C25H28F3N3O5S/c1-16(2)29-15-22-30(37(34,35)20-6-4-5-18(14-20)25(26,27)28)12-11-23(32)31(22)21(24(29)33)13-17-7-9-19(36-3)10-8-17/h4-10,14,16,21-22H,11-13,15H2,1-3H3. The molecule has 2 aliphatic heterocycles. The Kier molecular flexibility index (Phi) is 7.26. The van der Waals surface area contributed by atoms with Gasteiger partial charge in [0.15, 0.2) is 0 Å². The van der Waals surface area contributed by atoms with E-state index in [0.29, 0.717) is 11.8 Å². The molecule has 200 valence electrons. The third kappa shape index (κ3) is 5.17. The summed E-state index contributed by atoms with van der Waals surface area (Å²) in [5, 5.41) is 0. The van der Waals surface area contributed by atoms with Gasteiger partial charge in [-0.25, -0.2) is 8.42 Å². The van der Waals surface area contributed by atoms with Gasteiger partial charge in [0.25, 0.3) is 0 Å². The number of hydrogen-bond acceptors (Lipinski definition) is 5. The molecule has 2 saturated heterocycles. The molecule has 2 atom stereocenters. The number of hydrogen-bond donors (Lipinski definition) is 0. The number of benzene rings is 2. The Morgan fingerprint density at radius 2 is 1.76 bits per heavy atom. The lowest BCUT2D eigenvalue weighted by molar-refractivity contribution is -0.166. The van der Waals surface area contributed by atoms with Crippen LogP contribution in [0.3, 0.4) is 0 Å². The molecule has 4 rings (SSSR count). The van der Waals surface area contributed by atoms with Crippen molar-refractivity contribution in [3.63, 3.8) is 0 Å². The largest absolute Gasteiger partial charge is 0.497 e. The van der Waals surface area contributed by atoms with Gasteiger partial charge in [0.1, 0.15) is 18.0 Å². The van der Waals surface area contributed by atoms with Crippen molar-refractivity contribution in [3.8, 4) is 5.75 Å². The predicted molar refractivity (Wildman–Crippen MR) is 128 cm³/mol. The van der Waals surface area contributed by atoms with Gasteiger partial charge in [-0.15, -0.1) is 0 Å². The lowest BCUT2D eigenvalue weighted by atomic mass is 9.97. The van der Waals surface area contributed by atoms with E-state index >= 15 is 0 Å². The van der Waals surface area contributed by atoms with Crippen LogP contribution >= 0.6 is 0 Å². The summed E-state index contributed by atoms with van der Waals surface area (Å²) in [6, 6.07) is 9.26. The van der Waals surface area contributed by atoms with E-state index in [1.165, 1.54) is 16.9 Å². The minimum atomic E-state index is -4.72. The lowest BCUT2D eigenvalue weighted by Gasteiger charge is -2.52. The predicted octanol–water partition coefficient (Wildman–Crippen LogP) is 3.13. The summed E-state index contributed by atoms with van der Waals surface area (Å²) in [4.78, 5) is 28.9. The minimum Gasteiger partial charge on any atom is -0.497 e. The molecule has 0 radical (unpaired) electrons. The molecule has 0 aliphatic carbocycles. The lowest BCUT2D eigenvalue weighted by Crippen LogP contribution is -2.72. The van der Waals surface area contributed by atoms with Gasteiger partial charge in [0.05, 0.1) is 24.1 Å². The van der Waals surface area contributed by atoms with Crippen LogP contribution in [0.4, 0.5) is 13.2 Å². The van der Waals surface area contributed by atoms with Crippen molar-refractivity contribution in [3.05, 3.63) is 59.7 Å². The maximum atomic E-state index is 13.6. The van der Waals surface area contributed by atoms with Crippen molar-refractivity contribution in [2.45, 2.75) is 56.0 Å². The minimum absolute atomic E-state index is 0.0838. The van der Waals surface area contributed by atoms with E-state index in [-0.39, 0.29) is 43.8 Å². The second-order valence-corrected chi connectivity index (χ2v) is 11.2. The molecule has 0 saturated carbocycles. The van der Waals surface area contributed by atoms with Crippen LogP contribution in [0.15, 0.2) is 53.4 Å². The van der Waals surface area contributed by atoms with E-state index in [0.717, 1.165) is 28.1 Å². The van der Waals surface area contributed by atoms with Crippen molar-refractivity contribution in [1.29, 1.82) is 0 Å². The Hall–Kier alpha value is -3.12. The molecule has 0 bridgehead atoms. The number of sulfonamides is 1. The average molecular weight is 540 g/mol. The molecule has 12 heteroatoms. The van der Waals surface area contributed by atoms with Crippen molar-refractivity contribution in [2.75, 3.05) is 20.2 Å². The van der Waals surface area contributed by atoms with Crippen LogP contribution in [0, 0.1) is 0 Å². The van der Waals surface area contributed by atoms with Gasteiger partial charge in [0, 0.05) is 25.4 Å². The number of rotatable bonds is 6. The highest BCUT2D eigenvalue weighted by atomic mass is 32.2. The summed E-state index contributed by atoms with van der Waals surface area (Å²) in [6.45, 7) is 3.29. The van der Waals surface area contributed by atoms with Crippen molar-refractivity contribution in [2.24, 2.45) is 0 Å². The Bertz CT molecular complexity index is 1280. The third-order valence-corrected chi connectivity index (χ3v) is 8.62. The van der Waals surface area contributed by atoms with Crippen LogP contribution in [0.1, 0.15) is 31.4 Å². The number of methoxy groups -OCH3 is 1. The van der Waals surface area contributed by atoms with Gasteiger partial charge in [-0.2, -0.15) is 17.5 Å². The van der Waals surface area contributed by atoms with Crippen LogP contribution in [0.5, 0.6) is 5.75 Å². The van der Waals surface area contributed by atoms with Gasteiger partial charge < -0.3 is 14.5 Å². The number of ether oxygens (including phenoxy) is 1. The molecule has 2 unspecified atom stereocenters. The average Bonchev–Trinajstić information content (AvgIpc) is 2.85. The smallest absolute Gasteiger partial charge is 0.416 e. The molecule has 2 amide bonds. The zero-order chi connectivity index (χ0) is 27.1. The molecule has 2 aliphatic rings. The molecular weight excluding hydrogens is 511 g/mol. The first-order valence-corrected chi connectivity index (χ1v) is 13.2. The topological polar surface area (TPSA) is 87.2 Å². The summed E-state index contributed by atoms with van der Waals surface area (Å²) < 4.78 is 73.4. The molecule has 2 fully saturated rings. The van der Waals surface area contributed by atoms with Gasteiger partial charge in [-0.05, 0) is 49.7 Å². The number of nitrogens with zero attached hydrogens (tertiary/aromatic N) is 3. The van der Waals surface area contributed by atoms with Crippen LogP contribution in [0.25, 0.3) is 0 Å². The second kappa shape index (κ2) is 9.97. The second-order valence-electron chi connectivity index (χ2n) is 9.33. The number of amides is 2. The Morgan fingerprint density at radius 3 is 2.35 bits per heavy atom.